The third kappa shape index (κ3) is 0.770. The van der Waals surface area contributed by atoms with Gasteiger partial charge in [-0.1, -0.05) is 12.2 Å². The Bertz CT molecular complexity index is 200. The molecule has 1 saturated heterocycles. The van der Waals surface area contributed by atoms with E-state index in [0.29, 0.717) is 11.2 Å². The van der Waals surface area contributed by atoms with E-state index < -0.39 is 5.97 Å². The molecular weight excluding hydrogens is 148 g/mol. The van der Waals surface area contributed by atoms with Crippen LogP contribution >= 0.6 is 11.8 Å². The van der Waals surface area contributed by atoms with Crippen molar-refractivity contribution in [2.75, 3.05) is 0 Å². The minimum Gasteiger partial charge on any atom is -0.480 e. The molecule has 0 amide bonds. The van der Waals surface area contributed by atoms with E-state index in [2.05, 4.69) is 6.08 Å². The fraction of sp³-hybridized carbons (Fsp3) is 0.571. The number of aliphatic carboxylic acids is 1. The third-order valence-electron chi connectivity index (χ3n) is 2.03. The summed E-state index contributed by atoms with van der Waals surface area (Å²) in [4.78, 5) is 10.5. The van der Waals surface area contributed by atoms with Gasteiger partial charge in [-0.25, -0.2) is 0 Å². The molecule has 2 bridgehead atoms. The largest absolute Gasteiger partial charge is 0.480 e. The van der Waals surface area contributed by atoms with Crippen LogP contribution in [-0.2, 0) is 4.79 Å². The molecule has 2 nitrogen and oxygen atoms in total. The summed E-state index contributed by atoms with van der Waals surface area (Å²) >= 11 is 1.58. The Morgan fingerprint density at radius 3 is 2.70 bits per heavy atom. The molecule has 3 heteroatoms. The Labute approximate surface area is 63.3 Å². The van der Waals surface area contributed by atoms with Gasteiger partial charge in [0.15, 0.2) is 0 Å². The van der Waals surface area contributed by atoms with Crippen molar-refractivity contribution in [3.63, 3.8) is 0 Å². The predicted molar refractivity (Wildman–Crippen MR) is 40.0 cm³/mol. The minimum atomic E-state index is -0.651. The second-order valence-electron chi connectivity index (χ2n) is 2.72. The molecule has 1 N–H and O–H groups in total. The van der Waals surface area contributed by atoms with Crippen molar-refractivity contribution in [3.8, 4) is 0 Å². The van der Waals surface area contributed by atoms with Crippen LogP contribution in [0, 0.1) is 5.92 Å². The van der Waals surface area contributed by atoms with Crippen LogP contribution < -0.4 is 0 Å². The summed E-state index contributed by atoms with van der Waals surface area (Å²) in [6.45, 7) is 0. The second kappa shape index (κ2) is 2.02. The van der Waals surface area contributed by atoms with Crippen LogP contribution in [0.5, 0.6) is 0 Å². The summed E-state index contributed by atoms with van der Waals surface area (Å²) in [5.74, 6) is -0.339. The summed E-state index contributed by atoms with van der Waals surface area (Å²) in [5.41, 5.74) is 0. The van der Waals surface area contributed by atoms with Crippen LogP contribution in [0.1, 0.15) is 6.42 Å². The topological polar surface area (TPSA) is 37.3 Å². The number of hydrogen-bond acceptors (Lipinski definition) is 2. The van der Waals surface area contributed by atoms with Gasteiger partial charge in [0.05, 0.1) is 0 Å². The predicted octanol–water partition coefficient (Wildman–Crippen LogP) is 1.13. The van der Waals surface area contributed by atoms with E-state index in [1.165, 1.54) is 0 Å². The Kier molecular flexibility index (Phi) is 1.27. The number of hydrogen-bond donors (Lipinski definition) is 1. The molecular formula is C7H8O2S. The maximum absolute atomic E-state index is 10.5. The number of rotatable bonds is 1. The fourth-order valence-electron chi connectivity index (χ4n) is 1.55. The lowest BCUT2D eigenvalue weighted by Crippen LogP contribution is -2.20. The van der Waals surface area contributed by atoms with E-state index in [0.717, 1.165) is 6.42 Å². The van der Waals surface area contributed by atoms with Gasteiger partial charge in [0.25, 0.3) is 0 Å². The van der Waals surface area contributed by atoms with Gasteiger partial charge in [-0.05, 0) is 6.42 Å². The summed E-state index contributed by atoms with van der Waals surface area (Å²) in [6, 6.07) is 0. The van der Waals surface area contributed by atoms with E-state index in [1.807, 2.05) is 6.08 Å². The lowest BCUT2D eigenvalue weighted by Gasteiger charge is -2.10. The summed E-state index contributed by atoms with van der Waals surface area (Å²) in [5, 5.41) is 9.01. The van der Waals surface area contributed by atoms with Crippen LogP contribution in [0.25, 0.3) is 0 Å². The molecule has 54 valence electrons. The van der Waals surface area contributed by atoms with Crippen molar-refractivity contribution in [1.29, 1.82) is 0 Å². The zero-order valence-corrected chi connectivity index (χ0v) is 6.17. The van der Waals surface area contributed by atoms with Gasteiger partial charge in [0.2, 0.25) is 0 Å². The molecule has 0 spiro atoms. The first-order valence-electron chi connectivity index (χ1n) is 3.34. The Balaban J connectivity index is 2.16. The molecule has 2 rings (SSSR count). The monoisotopic (exact) mass is 156 g/mol. The Morgan fingerprint density at radius 2 is 2.40 bits per heavy atom. The van der Waals surface area contributed by atoms with Gasteiger partial charge in [-0.15, -0.1) is 11.8 Å². The number of fused-ring (bicyclic) bond motifs is 2. The molecule has 1 fully saturated rings. The van der Waals surface area contributed by atoms with Crippen molar-refractivity contribution in [2.24, 2.45) is 5.92 Å². The maximum atomic E-state index is 10.5. The van der Waals surface area contributed by atoms with Gasteiger partial charge in [-0.2, -0.15) is 0 Å². The van der Waals surface area contributed by atoms with Crippen molar-refractivity contribution in [2.45, 2.75) is 16.9 Å². The van der Waals surface area contributed by atoms with Crippen molar-refractivity contribution >= 4 is 17.7 Å². The highest BCUT2D eigenvalue weighted by Gasteiger charge is 2.40. The lowest BCUT2D eigenvalue weighted by atomic mass is 10.1. The van der Waals surface area contributed by atoms with Crippen molar-refractivity contribution in [3.05, 3.63) is 12.2 Å². The van der Waals surface area contributed by atoms with Crippen LogP contribution in [0.2, 0.25) is 0 Å². The number of allylic oxidation sites excluding steroid dienone is 1. The minimum absolute atomic E-state index is 0.157. The first-order valence-corrected chi connectivity index (χ1v) is 4.28. The molecule has 1 heterocycles. The van der Waals surface area contributed by atoms with Gasteiger partial charge >= 0.3 is 5.97 Å². The number of carboxylic acids is 1. The van der Waals surface area contributed by atoms with Crippen LogP contribution in [0.15, 0.2) is 12.2 Å². The molecule has 2 aliphatic rings. The normalized spacial score (nSPS) is 42.6. The molecule has 1 unspecified atom stereocenters. The first kappa shape index (κ1) is 6.28. The van der Waals surface area contributed by atoms with E-state index in [-0.39, 0.29) is 5.25 Å². The highest BCUT2D eigenvalue weighted by atomic mass is 32.2. The van der Waals surface area contributed by atoms with Gasteiger partial charge < -0.3 is 5.11 Å². The standard InChI is InChI=1S/C7H8O2S/c8-7(9)6-4-1-2-5(3-4)10-6/h1-2,4-6H,3H2,(H,8,9)/t4-,5+,6?/m1/s1. The smallest absolute Gasteiger partial charge is 0.317 e. The van der Waals surface area contributed by atoms with Crippen LogP contribution in [0.3, 0.4) is 0 Å². The molecule has 10 heavy (non-hydrogen) atoms. The summed E-state index contributed by atoms with van der Waals surface area (Å²) in [6.07, 6.45) is 5.20. The van der Waals surface area contributed by atoms with Gasteiger partial charge in [-0.3, -0.25) is 4.79 Å². The second-order valence-corrected chi connectivity index (χ2v) is 4.10. The SMILES string of the molecule is O=C(O)C1S[C@H]2C=C[C@@H]1C2. The molecule has 1 aliphatic heterocycles. The highest BCUT2D eigenvalue weighted by molar-refractivity contribution is 8.01. The average Bonchev–Trinajstić information content (AvgIpc) is 2.44. The molecule has 0 radical (unpaired) electrons. The Morgan fingerprint density at radius 1 is 1.60 bits per heavy atom. The van der Waals surface area contributed by atoms with Crippen molar-refractivity contribution < 1.29 is 9.90 Å². The first-order chi connectivity index (χ1) is 4.77. The number of carboxylic acid groups (broad SMARTS) is 1. The molecule has 3 atom stereocenters. The maximum Gasteiger partial charge on any atom is 0.317 e. The third-order valence-corrected chi connectivity index (χ3v) is 3.57. The molecule has 0 saturated carbocycles. The summed E-state index contributed by atoms with van der Waals surface area (Å²) in [7, 11) is 0. The highest BCUT2D eigenvalue weighted by Crippen LogP contribution is 2.44. The lowest BCUT2D eigenvalue weighted by molar-refractivity contribution is -0.136. The quantitative estimate of drug-likeness (QED) is 0.578. The molecule has 0 aromatic carbocycles. The zero-order chi connectivity index (χ0) is 7.14. The van der Waals surface area contributed by atoms with Crippen LogP contribution in [0.4, 0.5) is 0 Å². The van der Waals surface area contributed by atoms with Crippen LogP contribution in [-0.4, -0.2) is 21.6 Å². The Hall–Kier alpha value is -0.440. The van der Waals surface area contributed by atoms with Crippen molar-refractivity contribution in [1.82, 2.24) is 0 Å². The van der Waals surface area contributed by atoms with E-state index in [4.69, 9.17) is 5.11 Å². The van der Waals surface area contributed by atoms with Gasteiger partial charge in [0, 0.05) is 11.2 Å². The van der Waals surface area contributed by atoms with E-state index >= 15 is 0 Å². The van der Waals surface area contributed by atoms with Gasteiger partial charge in [0.1, 0.15) is 5.25 Å². The average molecular weight is 156 g/mol. The number of carbonyl (C=O) groups is 1. The molecule has 0 aromatic heterocycles. The zero-order valence-electron chi connectivity index (χ0n) is 5.36. The van der Waals surface area contributed by atoms with E-state index in [1.54, 1.807) is 11.8 Å². The molecule has 0 aromatic rings. The fourth-order valence-corrected chi connectivity index (χ4v) is 2.96. The molecule has 1 aliphatic carbocycles. The summed E-state index contributed by atoms with van der Waals surface area (Å²) < 4.78 is 0. The number of thioether (sulfide) groups is 1. The van der Waals surface area contributed by atoms with E-state index in [9.17, 15) is 4.79 Å².